The highest BCUT2D eigenvalue weighted by atomic mass is 32.1. The minimum absolute atomic E-state index is 0.0757. The molecule has 0 aliphatic rings. The van der Waals surface area contributed by atoms with Gasteiger partial charge in [-0.25, -0.2) is 0 Å². The lowest BCUT2D eigenvalue weighted by molar-refractivity contribution is -0.137. The molecule has 0 atom stereocenters. The van der Waals surface area contributed by atoms with Crippen molar-refractivity contribution < 1.29 is 22.4 Å². The predicted octanol–water partition coefficient (Wildman–Crippen LogP) is 4.39. The zero-order valence-corrected chi connectivity index (χ0v) is 13.5. The molecule has 25 heavy (non-hydrogen) atoms. The van der Waals surface area contributed by atoms with Crippen LogP contribution in [-0.2, 0) is 17.4 Å². The van der Waals surface area contributed by atoms with Gasteiger partial charge in [0.2, 0.25) is 17.7 Å². The molecule has 2 aromatic heterocycles. The van der Waals surface area contributed by atoms with Crippen molar-refractivity contribution in [3.05, 3.63) is 52.5 Å². The van der Waals surface area contributed by atoms with Crippen LogP contribution < -0.4 is 5.32 Å². The Morgan fingerprint density at radius 2 is 1.92 bits per heavy atom. The van der Waals surface area contributed by atoms with Gasteiger partial charge in [-0.05, 0) is 35.7 Å². The summed E-state index contributed by atoms with van der Waals surface area (Å²) < 4.78 is 42.9. The quantitative estimate of drug-likeness (QED) is 0.726. The number of rotatable bonds is 5. The number of aromatic nitrogens is 2. The maximum absolute atomic E-state index is 12.5. The Bertz CT molecular complexity index is 842. The summed E-state index contributed by atoms with van der Waals surface area (Å²) in [5.74, 6) is 0.359. The Balaban J connectivity index is 1.53. The molecule has 0 aliphatic carbocycles. The van der Waals surface area contributed by atoms with Gasteiger partial charge in [0.25, 0.3) is 0 Å². The highest BCUT2D eigenvalue weighted by Gasteiger charge is 2.29. The lowest BCUT2D eigenvalue weighted by Gasteiger charge is -2.08. The van der Waals surface area contributed by atoms with Gasteiger partial charge in [0.1, 0.15) is 0 Å². The largest absolute Gasteiger partial charge is 0.421 e. The van der Waals surface area contributed by atoms with E-state index in [2.05, 4.69) is 15.5 Å². The van der Waals surface area contributed by atoms with Crippen LogP contribution in [0.2, 0.25) is 0 Å². The van der Waals surface area contributed by atoms with Crippen LogP contribution >= 0.6 is 11.3 Å². The maximum Gasteiger partial charge on any atom is 0.416 e. The van der Waals surface area contributed by atoms with Crippen molar-refractivity contribution in [2.75, 3.05) is 5.32 Å². The summed E-state index contributed by atoms with van der Waals surface area (Å²) in [4.78, 5) is 11.9. The van der Waals surface area contributed by atoms with Gasteiger partial charge in [-0.15, -0.1) is 10.2 Å². The monoisotopic (exact) mass is 367 g/mol. The van der Waals surface area contributed by atoms with E-state index in [1.54, 1.807) is 0 Å². The molecule has 1 amide bonds. The summed E-state index contributed by atoms with van der Waals surface area (Å²) in [6.07, 6.45) is -4.09. The molecule has 1 N–H and O–H groups in total. The van der Waals surface area contributed by atoms with E-state index in [-0.39, 0.29) is 18.7 Å². The number of hydrogen-bond donors (Lipinski definition) is 1. The van der Waals surface area contributed by atoms with E-state index in [1.807, 2.05) is 16.8 Å². The third-order valence-electron chi connectivity index (χ3n) is 3.30. The average molecular weight is 367 g/mol. The van der Waals surface area contributed by atoms with Gasteiger partial charge in [0, 0.05) is 29.5 Å². The van der Waals surface area contributed by atoms with Crippen molar-refractivity contribution in [2.45, 2.75) is 19.0 Å². The normalized spacial score (nSPS) is 11.5. The number of carbonyl (C=O) groups is 1. The van der Waals surface area contributed by atoms with E-state index in [0.29, 0.717) is 17.5 Å². The molecule has 3 rings (SSSR count). The number of carbonyl (C=O) groups excluding carboxylic acids is 1. The topological polar surface area (TPSA) is 68.0 Å². The SMILES string of the molecule is O=C(CCc1nnc(-c2ccsc2)o1)Nc1ccc(C(F)(F)F)cc1. The zero-order valence-electron chi connectivity index (χ0n) is 12.7. The number of benzene rings is 1. The number of amides is 1. The molecule has 0 saturated carbocycles. The second kappa shape index (κ2) is 7.06. The van der Waals surface area contributed by atoms with Crippen molar-refractivity contribution in [1.82, 2.24) is 10.2 Å². The smallest absolute Gasteiger partial charge is 0.416 e. The first kappa shape index (κ1) is 17.2. The fourth-order valence-corrected chi connectivity index (χ4v) is 2.67. The van der Waals surface area contributed by atoms with E-state index >= 15 is 0 Å². The maximum atomic E-state index is 12.5. The van der Waals surface area contributed by atoms with Crippen molar-refractivity contribution >= 4 is 22.9 Å². The van der Waals surface area contributed by atoms with Crippen LogP contribution in [0.1, 0.15) is 17.9 Å². The third-order valence-corrected chi connectivity index (χ3v) is 3.98. The number of hydrogen-bond acceptors (Lipinski definition) is 5. The van der Waals surface area contributed by atoms with E-state index in [4.69, 9.17) is 4.42 Å². The molecule has 9 heteroatoms. The fourth-order valence-electron chi connectivity index (χ4n) is 2.04. The summed E-state index contributed by atoms with van der Waals surface area (Å²) in [5.41, 5.74) is 0.345. The number of halogens is 3. The van der Waals surface area contributed by atoms with Gasteiger partial charge in [-0.3, -0.25) is 4.79 Å². The first-order valence-corrected chi connectivity index (χ1v) is 8.18. The van der Waals surface area contributed by atoms with Crippen molar-refractivity contribution in [2.24, 2.45) is 0 Å². The van der Waals surface area contributed by atoms with Gasteiger partial charge in [-0.1, -0.05) is 0 Å². The second-order valence-electron chi connectivity index (χ2n) is 5.14. The minimum Gasteiger partial charge on any atom is -0.421 e. The van der Waals surface area contributed by atoms with E-state index in [1.165, 1.54) is 23.5 Å². The first-order chi connectivity index (χ1) is 11.9. The lowest BCUT2D eigenvalue weighted by atomic mass is 10.2. The van der Waals surface area contributed by atoms with Crippen LogP contribution in [0.5, 0.6) is 0 Å². The summed E-state index contributed by atoms with van der Waals surface area (Å²) in [6, 6.07) is 6.10. The van der Waals surface area contributed by atoms with E-state index in [9.17, 15) is 18.0 Å². The molecule has 130 valence electrons. The third kappa shape index (κ3) is 4.44. The standard InChI is InChI=1S/C16H12F3N3O2S/c17-16(18,19)11-1-3-12(4-2-11)20-13(23)5-6-14-21-22-15(24-14)10-7-8-25-9-10/h1-4,7-9H,5-6H2,(H,20,23). The molecule has 0 bridgehead atoms. The highest BCUT2D eigenvalue weighted by Crippen LogP contribution is 2.29. The van der Waals surface area contributed by atoms with Gasteiger partial charge in [-0.2, -0.15) is 24.5 Å². The molecule has 0 aliphatic heterocycles. The van der Waals surface area contributed by atoms with Gasteiger partial charge in [0.15, 0.2) is 0 Å². The fraction of sp³-hybridized carbons (Fsp3) is 0.188. The van der Waals surface area contributed by atoms with E-state index in [0.717, 1.165) is 17.7 Å². The molecule has 0 radical (unpaired) electrons. The van der Waals surface area contributed by atoms with Crippen LogP contribution in [0.4, 0.5) is 18.9 Å². The Labute approximate surface area is 144 Å². The minimum atomic E-state index is -4.40. The van der Waals surface area contributed by atoms with Gasteiger partial charge >= 0.3 is 6.18 Å². The van der Waals surface area contributed by atoms with Gasteiger partial charge < -0.3 is 9.73 Å². The van der Waals surface area contributed by atoms with Crippen molar-refractivity contribution in [3.63, 3.8) is 0 Å². The number of nitrogens with zero attached hydrogens (tertiary/aromatic N) is 2. The molecule has 1 aromatic carbocycles. The Hall–Kier alpha value is -2.68. The molecule has 5 nitrogen and oxygen atoms in total. The van der Waals surface area contributed by atoms with Crippen molar-refractivity contribution in [3.8, 4) is 11.5 Å². The highest BCUT2D eigenvalue weighted by molar-refractivity contribution is 7.08. The van der Waals surface area contributed by atoms with Crippen molar-refractivity contribution in [1.29, 1.82) is 0 Å². The first-order valence-electron chi connectivity index (χ1n) is 7.24. The average Bonchev–Trinajstić information content (AvgIpc) is 3.24. The number of anilines is 1. The molecule has 0 spiro atoms. The molecule has 3 aromatic rings. The van der Waals surface area contributed by atoms with Gasteiger partial charge in [0.05, 0.1) is 5.56 Å². The number of alkyl halides is 3. The number of nitrogens with one attached hydrogen (secondary N) is 1. The number of thiophene rings is 1. The molecular weight excluding hydrogens is 355 g/mol. The Morgan fingerprint density at radius 1 is 1.16 bits per heavy atom. The Morgan fingerprint density at radius 3 is 2.56 bits per heavy atom. The van der Waals surface area contributed by atoms with E-state index < -0.39 is 11.7 Å². The van der Waals surface area contributed by atoms with Crippen LogP contribution in [0.15, 0.2) is 45.5 Å². The summed E-state index contributed by atoms with van der Waals surface area (Å²) in [7, 11) is 0. The molecule has 2 heterocycles. The molecular formula is C16H12F3N3O2S. The lowest BCUT2D eigenvalue weighted by Crippen LogP contribution is -2.13. The molecule has 0 unspecified atom stereocenters. The second-order valence-corrected chi connectivity index (χ2v) is 5.92. The number of aryl methyl sites for hydroxylation is 1. The summed E-state index contributed by atoms with van der Waals surface area (Å²) in [6.45, 7) is 0. The van der Waals surface area contributed by atoms with Crippen LogP contribution in [0.25, 0.3) is 11.5 Å². The summed E-state index contributed by atoms with van der Waals surface area (Å²) >= 11 is 1.50. The molecule has 0 fully saturated rings. The van der Waals surface area contributed by atoms with Crippen LogP contribution in [0.3, 0.4) is 0 Å². The molecule has 0 saturated heterocycles. The Kier molecular flexibility index (Phi) is 4.84. The van der Waals surface area contributed by atoms with Crippen LogP contribution in [-0.4, -0.2) is 16.1 Å². The predicted molar refractivity (Wildman–Crippen MR) is 86.0 cm³/mol. The van der Waals surface area contributed by atoms with Crippen LogP contribution in [0, 0.1) is 0 Å². The zero-order chi connectivity index (χ0) is 17.9. The summed E-state index contributed by atoms with van der Waals surface area (Å²) in [5, 5.41) is 14.1.